The second-order valence-corrected chi connectivity index (χ2v) is 4.02. The van der Waals surface area contributed by atoms with Crippen LogP contribution in [0.15, 0.2) is 22.8 Å². The summed E-state index contributed by atoms with van der Waals surface area (Å²) in [6.45, 7) is 1.84. The van der Waals surface area contributed by atoms with Crippen molar-refractivity contribution in [3.05, 3.63) is 34.3 Å². The zero-order valence-corrected chi connectivity index (χ0v) is 9.91. The number of ether oxygens (including phenoxy) is 1. The van der Waals surface area contributed by atoms with Gasteiger partial charge in [-0.05, 0) is 19.1 Å². The number of hydrogen-bond donors (Lipinski definition) is 0. The Morgan fingerprint density at radius 1 is 1.60 bits per heavy atom. The summed E-state index contributed by atoms with van der Waals surface area (Å²) in [5.74, 6) is 0.344. The number of methoxy groups -OCH3 is 1. The van der Waals surface area contributed by atoms with Crippen LogP contribution in [0.4, 0.5) is 0 Å². The maximum atomic E-state index is 11.4. The maximum Gasteiger partial charge on any atom is 0.358 e. The van der Waals surface area contributed by atoms with Crippen LogP contribution in [0, 0.1) is 6.92 Å². The van der Waals surface area contributed by atoms with E-state index in [1.807, 2.05) is 29.7 Å². The number of halogens is 1. The Labute approximate surface area is 95.0 Å². The van der Waals surface area contributed by atoms with Crippen LogP contribution < -0.4 is 0 Å². The summed E-state index contributed by atoms with van der Waals surface area (Å²) in [5.41, 5.74) is 1.09. The molecule has 2 aromatic rings. The van der Waals surface area contributed by atoms with E-state index in [-0.39, 0.29) is 0 Å². The number of fused-ring (bicyclic) bond motifs is 1. The average molecular weight is 269 g/mol. The lowest BCUT2D eigenvalue weighted by molar-refractivity contribution is 0.0597. The van der Waals surface area contributed by atoms with Gasteiger partial charge in [-0.25, -0.2) is 9.78 Å². The Kier molecular flexibility index (Phi) is 2.48. The van der Waals surface area contributed by atoms with E-state index in [9.17, 15) is 4.79 Å². The molecular formula is C10H9BrN2O2. The number of imidazole rings is 1. The number of carbonyl (C=O) groups is 1. The quantitative estimate of drug-likeness (QED) is 0.745. The number of aromatic nitrogens is 2. The molecular weight excluding hydrogens is 260 g/mol. The van der Waals surface area contributed by atoms with E-state index in [2.05, 4.69) is 25.7 Å². The molecule has 0 fully saturated rings. The van der Waals surface area contributed by atoms with Gasteiger partial charge in [0.15, 0.2) is 5.69 Å². The highest BCUT2D eigenvalue weighted by Gasteiger charge is 2.15. The first-order chi connectivity index (χ1) is 7.13. The van der Waals surface area contributed by atoms with E-state index < -0.39 is 5.97 Å². The standard InChI is InChI=1S/C10H9BrN2O2/c1-6-12-9(10(14)15-2)8-5-7(11)3-4-13(6)8/h3-5H,1-2H3. The fourth-order valence-electron chi connectivity index (χ4n) is 1.46. The molecule has 0 bridgehead atoms. The van der Waals surface area contributed by atoms with Gasteiger partial charge in [0.1, 0.15) is 5.82 Å². The van der Waals surface area contributed by atoms with Gasteiger partial charge in [-0.1, -0.05) is 15.9 Å². The SMILES string of the molecule is COC(=O)c1nc(C)n2ccc(Br)cc12. The molecule has 5 heteroatoms. The van der Waals surface area contributed by atoms with Gasteiger partial charge in [-0.2, -0.15) is 0 Å². The van der Waals surface area contributed by atoms with Crippen molar-refractivity contribution >= 4 is 27.4 Å². The molecule has 2 aromatic heterocycles. The predicted octanol–water partition coefficient (Wildman–Crippen LogP) is 2.19. The summed E-state index contributed by atoms with van der Waals surface area (Å²) in [6.07, 6.45) is 1.86. The van der Waals surface area contributed by atoms with Crippen molar-refractivity contribution < 1.29 is 9.53 Å². The lowest BCUT2D eigenvalue weighted by Crippen LogP contribution is -2.02. The van der Waals surface area contributed by atoms with Crippen LogP contribution in [-0.2, 0) is 4.74 Å². The largest absolute Gasteiger partial charge is 0.464 e. The molecule has 0 aromatic carbocycles. The highest BCUT2D eigenvalue weighted by atomic mass is 79.9. The summed E-state index contributed by atoms with van der Waals surface area (Å²) >= 11 is 3.35. The Balaban J connectivity index is 2.75. The number of carbonyl (C=O) groups excluding carboxylic acids is 1. The van der Waals surface area contributed by atoms with Crippen LogP contribution in [0.5, 0.6) is 0 Å². The maximum absolute atomic E-state index is 11.4. The molecule has 2 heterocycles. The molecule has 0 aliphatic rings. The van der Waals surface area contributed by atoms with E-state index in [0.717, 1.165) is 15.8 Å². The normalized spacial score (nSPS) is 10.6. The lowest BCUT2D eigenvalue weighted by Gasteiger charge is -1.98. The van der Waals surface area contributed by atoms with Crippen LogP contribution in [-0.4, -0.2) is 22.5 Å². The number of nitrogens with zero attached hydrogens (tertiary/aromatic N) is 2. The highest BCUT2D eigenvalue weighted by molar-refractivity contribution is 9.10. The number of rotatable bonds is 1. The third kappa shape index (κ3) is 1.63. The van der Waals surface area contributed by atoms with Crippen LogP contribution in [0.25, 0.3) is 5.52 Å². The van der Waals surface area contributed by atoms with E-state index in [4.69, 9.17) is 0 Å². The molecule has 0 radical (unpaired) electrons. The first kappa shape index (κ1) is 10.2. The van der Waals surface area contributed by atoms with Crippen molar-refractivity contribution in [1.29, 1.82) is 0 Å². The predicted molar refractivity (Wildman–Crippen MR) is 59.0 cm³/mol. The van der Waals surface area contributed by atoms with E-state index >= 15 is 0 Å². The first-order valence-corrected chi connectivity index (χ1v) is 5.15. The van der Waals surface area contributed by atoms with E-state index in [0.29, 0.717) is 5.69 Å². The molecule has 15 heavy (non-hydrogen) atoms. The molecule has 0 atom stereocenters. The third-order valence-electron chi connectivity index (χ3n) is 2.16. The molecule has 0 spiro atoms. The van der Waals surface area contributed by atoms with Crippen molar-refractivity contribution in [2.75, 3.05) is 7.11 Å². The summed E-state index contributed by atoms with van der Waals surface area (Å²) in [4.78, 5) is 15.6. The van der Waals surface area contributed by atoms with Crippen LogP contribution in [0.2, 0.25) is 0 Å². The minimum atomic E-state index is -0.418. The Morgan fingerprint density at radius 3 is 3.00 bits per heavy atom. The summed E-state index contributed by atoms with van der Waals surface area (Å²) in [6, 6.07) is 3.73. The van der Waals surface area contributed by atoms with Gasteiger partial charge in [-0.3, -0.25) is 0 Å². The van der Waals surface area contributed by atoms with Gasteiger partial charge in [-0.15, -0.1) is 0 Å². The van der Waals surface area contributed by atoms with Crippen molar-refractivity contribution in [2.45, 2.75) is 6.92 Å². The van der Waals surface area contributed by atoms with Crippen molar-refractivity contribution in [1.82, 2.24) is 9.38 Å². The van der Waals surface area contributed by atoms with Crippen molar-refractivity contribution in [3.63, 3.8) is 0 Å². The van der Waals surface area contributed by atoms with Crippen LogP contribution >= 0.6 is 15.9 Å². The van der Waals surface area contributed by atoms with Gasteiger partial charge >= 0.3 is 5.97 Å². The highest BCUT2D eigenvalue weighted by Crippen LogP contribution is 2.18. The Morgan fingerprint density at radius 2 is 2.33 bits per heavy atom. The smallest absolute Gasteiger partial charge is 0.358 e. The van der Waals surface area contributed by atoms with Crippen LogP contribution in [0.3, 0.4) is 0 Å². The van der Waals surface area contributed by atoms with Gasteiger partial charge < -0.3 is 9.14 Å². The third-order valence-corrected chi connectivity index (χ3v) is 2.65. The molecule has 0 amide bonds. The zero-order chi connectivity index (χ0) is 11.0. The average Bonchev–Trinajstić information content (AvgIpc) is 2.54. The zero-order valence-electron chi connectivity index (χ0n) is 8.32. The Bertz CT molecular complexity index is 533. The molecule has 0 saturated carbocycles. The molecule has 0 unspecified atom stereocenters. The minimum absolute atomic E-state index is 0.344. The van der Waals surface area contributed by atoms with Gasteiger partial charge in [0, 0.05) is 10.7 Å². The topological polar surface area (TPSA) is 43.6 Å². The number of hydrogen-bond acceptors (Lipinski definition) is 3. The van der Waals surface area contributed by atoms with E-state index in [1.165, 1.54) is 7.11 Å². The molecule has 0 N–H and O–H groups in total. The lowest BCUT2D eigenvalue weighted by atomic mass is 10.3. The summed E-state index contributed by atoms with van der Waals surface area (Å²) < 4.78 is 7.41. The molecule has 78 valence electrons. The second kappa shape index (κ2) is 3.66. The monoisotopic (exact) mass is 268 g/mol. The second-order valence-electron chi connectivity index (χ2n) is 3.10. The molecule has 4 nitrogen and oxygen atoms in total. The van der Waals surface area contributed by atoms with Crippen molar-refractivity contribution in [2.24, 2.45) is 0 Å². The summed E-state index contributed by atoms with van der Waals surface area (Å²) in [5, 5.41) is 0. The van der Waals surface area contributed by atoms with Crippen molar-refractivity contribution in [3.8, 4) is 0 Å². The summed E-state index contributed by atoms with van der Waals surface area (Å²) in [7, 11) is 1.35. The fourth-order valence-corrected chi connectivity index (χ4v) is 1.79. The molecule has 0 saturated heterocycles. The number of pyridine rings is 1. The van der Waals surface area contributed by atoms with Gasteiger partial charge in [0.25, 0.3) is 0 Å². The number of aryl methyl sites for hydroxylation is 1. The Hall–Kier alpha value is -1.36. The molecule has 0 aliphatic heterocycles. The number of esters is 1. The fraction of sp³-hybridized carbons (Fsp3) is 0.200. The molecule has 2 rings (SSSR count). The van der Waals surface area contributed by atoms with Crippen LogP contribution in [0.1, 0.15) is 16.3 Å². The van der Waals surface area contributed by atoms with E-state index in [1.54, 1.807) is 0 Å². The van der Waals surface area contributed by atoms with Gasteiger partial charge in [0.2, 0.25) is 0 Å². The molecule has 0 aliphatic carbocycles. The first-order valence-electron chi connectivity index (χ1n) is 4.36. The van der Waals surface area contributed by atoms with Gasteiger partial charge in [0.05, 0.1) is 12.6 Å². The minimum Gasteiger partial charge on any atom is -0.464 e.